The molecule has 0 unspecified atom stereocenters. The van der Waals surface area contributed by atoms with E-state index >= 15 is 0 Å². The van der Waals surface area contributed by atoms with Crippen molar-refractivity contribution in [3.05, 3.63) is 59.4 Å². The highest BCUT2D eigenvalue weighted by atomic mass is 35.5. The van der Waals surface area contributed by atoms with E-state index in [1.165, 1.54) is 24.3 Å². The van der Waals surface area contributed by atoms with Gasteiger partial charge in [-0.05, 0) is 61.4 Å². The molecule has 0 spiro atoms. The molecule has 2 aliphatic rings. The summed E-state index contributed by atoms with van der Waals surface area (Å²) in [5, 5.41) is 0.629. The highest BCUT2D eigenvalue weighted by molar-refractivity contribution is 6.30. The first-order chi connectivity index (χ1) is 16.9. The number of benzene rings is 2. The van der Waals surface area contributed by atoms with Crippen molar-refractivity contribution in [2.75, 3.05) is 52.6 Å². The van der Waals surface area contributed by atoms with Crippen LogP contribution in [-0.4, -0.2) is 74.2 Å². The smallest absolute Gasteiger partial charge is 0.260 e. The molecule has 2 aliphatic heterocycles. The summed E-state index contributed by atoms with van der Waals surface area (Å²) >= 11 is 5.98. The van der Waals surface area contributed by atoms with Crippen LogP contribution in [0.2, 0.25) is 5.02 Å². The number of likely N-dealkylation sites (tertiary alicyclic amines) is 1. The van der Waals surface area contributed by atoms with E-state index < -0.39 is 0 Å². The molecule has 35 heavy (non-hydrogen) atoms. The van der Waals surface area contributed by atoms with Gasteiger partial charge >= 0.3 is 0 Å². The maximum absolute atomic E-state index is 13.1. The molecule has 0 radical (unpaired) electrons. The summed E-state index contributed by atoms with van der Waals surface area (Å²) in [6, 6.07) is 12.7. The third kappa shape index (κ3) is 7.08. The van der Waals surface area contributed by atoms with Gasteiger partial charge in [0.2, 0.25) is 5.91 Å². The average molecular weight is 505 g/mol. The molecule has 2 fully saturated rings. The lowest BCUT2D eigenvalue weighted by atomic mass is 9.75. The molecule has 0 N–H and O–H groups in total. The van der Waals surface area contributed by atoms with Gasteiger partial charge in [0.05, 0.1) is 19.8 Å². The number of hydrogen-bond donors (Lipinski definition) is 0. The van der Waals surface area contributed by atoms with Gasteiger partial charge in [-0.15, -0.1) is 0 Å². The standard InChI is InChI=1S/C26H30ClFN2O5/c27-20-1-5-23(6-2-20)35-19-26(17-24(31)30-13-15-33-16-14-30)9-11-29(12-10-26)25(32)18-34-22-7-3-21(28)4-8-22/h1-8H,9-19H2. The second-order valence-corrected chi connectivity index (χ2v) is 9.47. The molecule has 2 amide bonds. The summed E-state index contributed by atoms with van der Waals surface area (Å²) in [7, 11) is 0. The molecule has 0 saturated carbocycles. The summed E-state index contributed by atoms with van der Waals surface area (Å²) < 4.78 is 30.1. The topological polar surface area (TPSA) is 68.3 Å². The van der Waals surface area contributed by atoms with Crippen LogP contribution < -0.4 is 9.47 Å². The van der Waals surface area contributed by atoms with Crippen molar-refractivity contribution in [1.29, 1.82) is 0 Å². The molecule has 4 rings (SSSR count). The minimum Gasteiger partial charge on any atom is -0.493 e. The fourth-order valence-electron chi connectivity index (χ4n) is 4.38. The van der Waals surface area contributed by atoms with Gasteiger partial charge in [-0.25, -0.2) is 4.39 Å². The van der Waals surface area contributed by atoms with Crippen molar-refractivity contribution in [3.8, 4) is 11.5 Å². The SMILES string of the molecule is O=C(COc1ccc(F)cc1)N1CCC(COc2ccc(Cl)cc2)(CC(=O)N2CCOCC2)CC1. The van der Waals surface area contributed by atoms with E-state index in [-0.39, 0.29) is 29.7 Å². The van der Waals surface area contributed by atoms with Crippen LogP contribution in [0.25, 0.3) is 0 Å². The van der Waals surface area contributed by atoms with Gasteiger partial charge in [0, 0.05) is 43.0 Å². The monoisotopic (exact) mass is 504 g/mol. The molecule has 2 heterocycles. The Kier molecular flexibility index (Phi) is 8.46. The van der Waals surface area contributed by atoms with Crippen LogP contribution in [0.4, 0.5) is 4.39 Å². The first-order valence-corrected chi connectivity index (χ1v) is 12.2. The predicted molar refractivity (Wildman–Crippen MR) is 129 cm³/mol. The molecular weight excluding hydrogens is 475 g/mol. The zero-order chi connectivity index (χ0) is 24.7. The van der Waals surface area contributed by atoms with E-state index in [2.05, 4.69) is 0 Å². The molecule has 0 atom stereocenters. The maximum atomic E-state index is 13.1. The van der Waals surface area contributed by atoms with Crippen molar-refractivity contribution in [2.45, 2.75) is 19.3 Å². The van der Waals surface area contributed by atoms with Gasteiger partial charge in [0.15, 0.2) is 6.61 Å². The summed E-state index contributed by atoms with van der Waals surface area (Å²) in [6.07, 6.45) is 1.63. The third-order valence-electron chi connectivity index (χ3n) is 6.60. The van der Waals surface area contributed by atoms with E-state index in [9.17, 15) is 14.0 Å². The van der Waals surface area contributed by atoms with Gasteiger partial charge in [0.25, 0.3) is 5.91 Å². The lowest BCUT2D eigenvalue weighted by Crippen LogP contribution is -2.50. The van der Waals surface area contributed by atoms with E-state index in [0.717, 1.165) is 0 Å². The third-order valence-corrected chi connectivity index (χ3v) is 6.85. The number of carbonyl (C=O) groups is 2. The minimum atomic E-state index is -0.385. The summed E-state index contributed by atoms with van der Waals surface area (Å²) in [6.45, 7) is 3.56. The molecule has 9 heteroatoms. The molecule has 188 valence electrons. The van der Waals surface area contributed by atoms with Crippen molar-refractivity contribution < 1.29 is 28.2 Å². The van der Waals surface area contributed by atoms with Gasteiger partial charge in [0.1, 0.15) is 17.3 Å². The highest BCUT2D eigenvalue weighted by Crippen LogP contribution is 2.37. The van der Waals surface area contributed by atoms with Crippen molar-refractivity contribution in [1.82, 2.24) is 9.80 Å². The van der Waals surface area contributed by atoms with E-state index in [1.54, 1.807) is 17.0 Å². The van der Waals surface area contributed by atoms with Crippen LogP contribution in [0, 0.1) is 11.2 Å². The van der Waals surface area contributed by atoms with Crippen LogP contribution >= 0.6 is 11.6 Å². The molecule has 2 saturated heterocycles. The Bertz CT molecular complexity index is 988. The number of morpholine rings is 1. The largest absolute Gasteiger partial charge is 0.493 e. The molecule has 2 aromatic carbocycles. The Labute approximate surface area is 209 Å². The molecule has 2 aromatic rings. The number of amides is 2. The Morgan fingerprint density at radius 1 is 0.857 bits per heavy atom. The number of carbonyl (C=O) groups excluding carboxylic acids is 2. The van der Waals surface area contributed by atoms with E-state index in [1.807, 2.05) is 17.0 Å². The normalized spacial score (nSPS) is 17.7. The zero-order valence-electron chi connectivity index (χ0n) is 19.6. The van der Waals surface area contributed by atoms with Crippen LogP contribution in [0.1, 0.15) is 19.3 Å². The molecule has 0 aromatic heterocycles. The fraction of sp³-hybridized carbons (Fsp3) is 0.462. The highest BCUT2D eigenvalue weighted by Gasteiger charge is 2.40. The van der Waals surface area contributed by atoms with Crippen LogP contribution in [0.5, 0.6) is 11.5 Å². The van der Waals surface area contributed by atoms with E-state index in [0.29, 0.717) is 81.8 Å². The number of hydrogen-bond acceptors (Lipinski definition) is 5. The van der Waals surface area contributed by atoms with Crippen molar-refractivity contribution in [3.63, 3.8) is 0 Å². The van der Waals surface area contributed by atoms with Crippen molar-refractivity contribution >= 4 is 23.4 Å². The summed E-state index contributed by atoms with van der Waals surface area (Å²) in [4.78, 5) is 29.4. The molecule has 0 aliphatic carbocycles. The quantitative estimate of drug-likeness (QED) is 0.547. The van der Waals surface area contributed by atoms with Crippen molar-refractivity contribution in [2.24, 2.45) is 5.41 Å². The van der Waals surface area contributed by atoms with Gasteiger partial charge < -0.3 is 24.0 Å². The lowest BCUT2D eigenvalue weighted by molar-refractivity contribution is -0.141. The Morgan fingerprint density at radius 3 is 2.09 bits per heavy atom. The average Bonchev–Trinajstić information content (AvgIpc) is 2.89. The lowest BCUT2D eigenvalue weighted by Gasteiger charge is -2.42. The first-order valence-electron chi connectivity index (χ1n) is 11.8. The first kappa shape index (κ1) is 25.3. The number of piperidine rings is 1. The van der Waals surface area contributed by atoms with Crippen LogP contribution in [0.3, 0.4) is 0 Å². The number of nitrogens with zero attached hydrogens (tertiary/aromatic N) is 2. The fourth-order valence-corrected chi connectivity index (χ4v) is 4.51. The van der Waals surface area contributed by atoms with Gasteiger partial charge in [-0.2, -0.15) is 0 Å². The molecular formula is C26H30ClFN2O5. The Balaban J connectivity index is 1.36. The van der Waals surface area contributed by atoms with Crippen LogP contribution in [-0.2, 0) is 14.3 Å². The Hall–Kier alpha value is -2.84. The number of ether oxygens (including phenoxy) is 3. The van der Waals surface area contributed by atoms with Gasteiger partial charge in [-0.1, -0.05) is 11.6 Å². The second kappa shape index (κ2) is 11.7. The van der Waals surface area contributed by atoms with E-state index in [4.69, 9.17) is 25.8 Å². The summed E-state index contributed by atoms with van der Waals surface area (Å²) in [5.41, 5.74) is -0.385. The molecule has 7 nitrogen and oxygen atoms in total. The maximum Gasteiger partial charge on any atom is 0.260 e. The number of halogens is 2. The zero-order valence-corrected chi connectivity index (χ0v) is 20.3. The Morgan fingerprint density at radius 2 is 1.43 bits per heavy atom. The van der Waals surface area contributed by atoms with Crippen LogP contribution in [0.15, 0.2) is 48.5 Å². The number of rotatable bonds is 8. The second-order valence-electron chi connectivity index (χ2n) is 9.04. The molecule has 0 bridgehead atoms. The minimum absolute atomic E-state index is 0.0902. The van der Waals surface area contributed by atoms with Gasteiger partial charge in [-0.3, -0.25) is 9.59 Å². The predicted octanol–water partition coefficient (Wildman–Crippen LogP) is 3.79. The summed E-state index contributed by atoms with van der Waals surface area (Å²) in [5.74, 6) is 0.731.